The number of anilines is 1. The summed E-state index contributed by atoms with van der Waals surface area (Å²) in [6.07, 6.45) is -1.62. The summed E-state index contributed by atoms with van der Waals surface area (Å²) in [6, 6.07) is 11.6. The van der Waals surface area contributed by atoms with Crippen molar-refractivity contribution in [2.75, 3.05) is 11.9 Å². The Morgan fingerprint density at radius 3 is 2.50 bits per heavy atom. The third kappa shape index (κ3) is 5.15. The van der Waals surface area contributed by atoms with Crippen LogP contribution in [0.25, 0.3) is 6.08 Å². The predicted octanol–water partition coefficient (Wildman–Crippen LogP) is 4.76. The van der Waals surface area contributed by atoms with Crippen LogP contribution in [0.4, 0.5) is 18.9 Å². The summed E-state index contributed by atoms with van der Waals surface area (Å²) in [5, 5.41) is 2.41. The number of ether oxygens (including phenoxy) is 1. The van der Waals surface area contributed by atoms with E-state index in [9.17, 15) is 18.0 Å². The summed E-state index contributed by atoms with van der Waals surface area (Å²) in [6.45, 7) is 2.44. The summed E-state index contributed by atoms with van der Waals surface area (Å²) >= 11 is 0. The minimum atomic E-state index is -4.45. The third-order valence-corrected chi connectivity index (χ3v) is 3.08. The number of amides is 1. The van der Waals surface area contributed by atoms with Gasteiger partial charge in [0.1, 0.15) is 5.75 Å². The van der Waals surface area contributed by atoms with Crippen molar-refractivity contribution >= 4 is 17.7 Å². The minimum absolute atomic E-state index is 0.0890. The van der Waals surface area contributed by atoms with Crippen molar-refractivity contribution in [3.63, 3.8) is 0 Å². The molecule has 24 heavy (non-hydrogen) atoms. The number of hydrogen-bond donors (Lipinski definition) is 1. The van der Waals surface area contributed by atoms with Crippen LogP contribution in [-0.2, 0) is 11.0 Å². The zero-order valence-corrected chi connectivity index (χ0v) is 12.9. The van der Waals surface area contributed by atoms with E-state index in [4.69, 9.17) is 4.74 Å². The first-order chi connectivity index (χ1) is 11.4. The highest BCUT2D eigenvalue weighted by Crippen LogP contribution is 2.30. The molecule has 2 rings (SSSR count). The second kappa shape index (κ2) is 7.68. The van der Waals surface area contributed by atoms with Crippen molar-refractivity contribution in [2.45, 2.75) is 13.1 Å². The smallest absolute Gasteiger partial charge is 0.416 e. The van der Waals surface area contributed by atoms with Crippen molar-refractivity contribution in [3.05, 3.63) is 65.7 Å². The maximum Gasteiger partial charge on any atom is 0.416 e. The molecule has 0 saturated heterocycles. The fourth-order valence-corrected chi connectivity index (χ4v) is 1.97. The maximum atomic E-state index is 12.6. The molecule has 2 aromatic carbocycles. The standard InChI is InChI=1S/C18H16F3NO2/c1-2-24-16-9-6-13(7-10-16)8-11-17(23)22-15-5-3-4-14(12-15)18(19,20)21/h3-12H,2H2,1H3,(H,22,23). The third-order valence-electron chi connectivity index (χ3n) is 3.08. The quantitative estimate of drug-likeness (QED) is 0.800. The van der Waals surface area contributed by atoms with Gasteiger partial charge in [-0.05, 0) is 48.9 Å². The predicted molar refractivity (Wildman–Crippen MR) is 86.7 cm³/mol. The fourth-order valence-electron chi connectivity index (χ4n) is 1.97. The highest BCUT2D eigenvalue weighted by molar-refractivity contribution is 6.01. The highest BCUT2D eigenvalue weighted by atomic mass is 19.4. The van der Waals surface area contributed by atoms with E-state index in [1.165, 1.54) is 18.2 Å². The molecular weight excluding hydrogens is 319 g/mol. The molecule has 1 N–H and O–H groups in total. The topological polar surface area (TPSA) is 38.3 Å². The second-order valence-corrected chi connectivity index (χ2v) is 4.90. The van der Waals surface area contributed by atoms with Gasteiger partial charge in [-0.1, -0.05) is 18.2 Å². The normalized spacial score (nSPS) is 11.5. The number of nitrogens with one attached hydrogen (secondary N) is 1. The number of hydrogen-bond acceptors (Lipinski definition) is 2. The first-order valence-electron chi connectivity index (χ1n) is 7.27. The number of benzene rings is 2. The van der Waals surface area contributed by atoms with Crippen LogP contribution in [0, 0.1) is 0 Å². The lowest BCUT2D eigenvalue weighted by Gasteiger charge is -2.08. The van der Waals surface area contributed by atoms with E-state index in [0.29, 0.717) is 6.61 Å². The molecule has 0 heterocycles. The average Bonchev–Trinajstić information content (AvgIpc) is 2.54. The molecule has 0 aliphatic heterocycles. The number of rotatable bonds is 5. The Morgan fingerprint density at radius 2 is 1.88 bits per heavy atom. The summed E-state index contributed by atoms with van der Waals surface area (Å²) in [4.78, 5) is 11.8. The zero-order valence-electron chi connectivity index (χ0n) is 12.9. The Labute approximate surface area is 137 Å². The molecule has 0 bridgehead atoms. The molecule has 0 fully saturated rings. The lowest BCUT2D eigenvalue weighted by molar-refractivity contribution is -0.137. The van der Waals surface area contributed by atoms with Gasteiger partial charge in [-0.3, -0.25) is 4.79 Å². The summed E-state index contributed by atoms with van der Waals surface area (Å²) < 4.78 is 43.2. The highest BCUT2D eigenvalue weighted by Gasteiger charge is 2.30. The molecule has 3 nitrogen and oxygen atoms in total. The van der Waals surface area contributed by atoms with Gasteiger partial charge in [-0.25, -0.2) is 0 Å². The van der Waals surface area contributed by atoms with E-state index in [1.807, 2.05) is 6.92 Å². The molecule has 0 saturated carbocycles. The summed E-state index contributed by atoms with van der Waals surface area (Å²) in [7, 11) is 0. The maximum absolute atomic E-state index is 12.6. The van der Waals surface area contributed by atoms with E-state index in [1.54, 1.807) is 30.3 Å². The van der Waals surface area contributed by atoms with Crippen LogP contribution in [-0.4, -0.2) is 12.5 Å². The van der Waals surface area contributed by atoms with Crippen LogP contribution >= 0.6 is 0 Å². The van der Waals surface area contributed by atoms with Gasteiger partial charge in [0, 0.05) is 11.8 Å². The van der Waals surface area contributed by atoms with Crippen LogP contribution in [0.3, 0.4) is 0 Å². The number of halogens is 3. The van der Waals surface area contributed by atoms with E-state index in [-0.39, 0.29) is 5.69 Å². The molecule has 0 radical (unpaired) electrons. The lowest BCUT2D eigenvalue weighted by atomic mass is 10.2. The van der Waals surface area contributed by atoms with E-state index < -0.39 is 17.6 Å². The van der Waals surface area contributed by atoms with Crippen molar-refractivity contribution in [3.8, 4) is 5.75 Å². The summed E-state index contributed by atoms with van der Waals surface area (Å²) in [5.41, 5.74) is 0.0552. The molecule has 0 spiro atoms. The molecule has 1 amide bonds. The Balaban J connectivity index is 2.00. The monoisotopic (exact) mass is 335 g/mol. The lowest BCUT2D eigenvalue weighted by Crippen LogP contribution is -2.10. The number of carbonyl (C=O) groups is 1. The van der Waals surface area contributed by atoms with Crippen LogP contribution in [0.15, 0.2) is 54.6 Å². The second-order valence-electron chi connectivity index (χ2n) is 4.90. The van der Waals surface area contributed by atoms with E-state index >= 15 is 0 Å². The summed E-state index contributed by atoms with van der Waals surface area (Å²) in [5.74, 6) is 0.214. The van der Waals surface area contributed by atoms with Gasteiger partial charge in [0.05, 0.1) is 12.2 Å². The van der Waals surface area contributed by atoms with Crippen LogP contribution in [0.5, 0.6) is 5.75 Å². The van der Waals surface area contributed by atoms with E-state index in [0.717, 1.165) is 23.4 Å². The largest absolute Gasteiger partial charge is 0.494 e. The Hall–Kier alpha value is -2.76. The molecule has 126 valence electrons. The van der Waals surface area contributed by atoms with Crippen molar-refractivity contribution in [1.29, 1.82) is 0 Å². The van der Waals surface area contributed by atoms with Gasteiger partial charge < -0.3 is 10.1 Å². The minimum Gasteiger partial charge on any atom is -0.494 e. The molecular formula is C18H16F3NO2. The van der Waals surface area contributed by atoms with Gasteiger partial charge in [0.2, 0.25) is 5.91 Å². The Bertz CT molecular complexity index is 722. The average molecular weight is 335 g/mol. The number of carbonyl (C=O) groups excluding carboxylic acids is 1. The zero-order chi connectivity index (χ0) is 17.6. The first kappa shape index (κ1) is 17.6. The van der Waals surface area contributed by atoms with Crippen LogP contribution < -0.4 is 10.1 Å². The van der Waals surface area contributed by atoms with Gasteiger partial charge >= 0.3 is 6.18 Å². The SMILES string of the molecule is CCOc1ccc(C=CC(=O)Nc2cccc(C(F)(F)F)c2)cc1. The van der Waals surface area contributed by atoms with Crippen LogP contribution in [0.2, 0.25) is 0 Å². The van der Waals surface area contributed by atoms with Crippen molar-refractivity contribution in [1.82, 2.24) is 0 Å². The fraction of sp³-hybridized carbons (Fsp3) is 0.167. The molecule has 0 aliphatic carbocycles. The first-order valence-corrected chi connectivity index (χ1v) is 7.27. The Morgan fingerprint density at radius 1 is 1.17 bits per heavy atom. The van der Waals surface area contributed by atoms with Gasteiger partial charge in [0.15, 0.2) is 0 Å². The van der Waals surface area contributed by atoms with Crippen molar-refractivity contribution in [2.24, 2.45) is 0 Å². The van der Waals surface area contributed by atoms with Crippen molar-refractivity contribution < 1.29 is 22.7 Å². The van der Waals surface area contributed by atoms with Gasteiger partial charge in [-0.15, -0.1) is 0 Å². The molecule has 0 atom stereocenters. The Kier molecular flexibility index (Phi) is 5.63. The molecule has 0 aliphatic rings. The number of alkyl halides is 3. The molecule has 0 aromatic heterocycles. The van der Waals surface area contributed by atoms with Gasteiger partial charge in [-0.2, -0.15) is 13.2 Å². The molecule has 2 aromatic rings. The molecule has 0 unspecified atom stereocenters. The van der Waals surface area contributed by atoms with Gasteiger partial charge in [0.25, 0.3) is 0 Å². The van der Waals surface area contributed by atoms with E-state index in [2.05, 4.69) is 5.32 Å². The molecule has 6 heteroatoms. The van der Waals surface area contributed by atoms with Crippen LogP contribution in [0.1, 0.15) is 18.1 Å².